The standard InChI is InChI=1S/C22H18ClN3O2S2/c1-28-17-10-9-16(23)20-19(17)25-22(30-20)26(13-14-6-5-11-24-12-14)21(27)15-7-3-4-8-18(15)29-2/h3-12H,13H2,1-2H3. The molecule has 152 valence electrons. The van der Waals surface area contributed by atoms with Crippen molar-refractivity contribution in [1.29, 1.82) is 0 Å². The number of carbonyl (C=O) groups excluding carboxylic acids is 1. The Kier molecular flexibility index (Phi) is 6.22. The lowest BCUT2D eigenvalue weighted by molar-refractivity contribution is 0.0982. The van der Waals surface area contributed by atoms with E-state index in [2.05, 4.69) is 4.98 Å². The van der Waals surface area contributed by atoms with Crippen molar-refractivity contribution >= 4 is 56.0 Å². The lowest BCUT2D eigenvalue weighted by Gasteiger charge is -2.21. The summed E-state index contributed by atoms with van der Waals surface area (Å²) in [7, 11) is 1.59. The quantitative estimate of drug-likeness (QED) is 0.337. The molecule has 2 aromatic carbocycles. The molecule has 0 atom stereocenters. The molecule has 2 heterocycles. The van der Waals surface area contributed by atoms with Crippen molar-refractivity contribution < 1.29 is 9.53 Å². The average molecular weight is 456 g/mol. The first-order valence-corrected chi connectivity index (χ1v) is 11.5. The third-order valence-electron chi connectivity index (χ3n) is 4.54. The monoisotopic (exact) mass is 455 g/mol. The van der Waals surface area contributed by atoms with E-state index >= 15 is 0 Å². The minimum Gasteiger partial charge on any atom is -0.494 e. The molecule has 0 unspecified atom stereocenters. The Balaban J connectivity index is 1.84. The smallest absolute Gasteiger partial charge is 0.261 e. The summed E-state index contributed by atoms with van der Waals surface area (Å²) in [6.07, 6.45) is 5.42. The highest BCUT2D eigenvalue weighted by Crippen LogP contribution is 2.39. The number of nitrogens with zero attached hydrogens (tertiary/aromatic N) is 3. The number of amides is 1. The number of hydrogen-bond donors (Lipinski definition) is 0. The van der Waals surface area contributed by atoms with Gasteiger partial charge in [-0.1, -0.05) is 41.1 Å². The molecular formula is C22H18ClN3O2S2. The van der Waals surface area contributed by atoms with Crippen LogP contribution >= 0.6 is 34.7 Å². The summed E-state index contributed by atoms with van der Waals surface area (Å²) < 4.78 is 6.23. The summed E-state index contributed by atoms with van der Waals surface area (Å²) in [5.41, 5.74) is 2.18. The van der Waals surface area contributed by atoms with E-state index in [1.54, 1.807) is 36.5 Å². The second-order valence-corrected chi connectivity index (χ2v) is 8.61. The third-order valence-corrected chi connectivity index (χ3v) is 6.88. The highest BCUT2D eigenvalue weighted by molar-refractivity contribution is 7.98. The van der Waals surface area contributed by atoms with Crippen LogP contribution in [0.2, 0.25) is 5.02 Å². The molecule has 5 nitrogen and oxygen atoms in total. The Bertz CT molecular complexity index is 1200. The van der Waals surface area contributed by atoms with E-state index in [1.807, 2.05) is 42.7 Å². The van der Waals surface area contributed by atoms with Crippen LogP contribution in [-0.4, -0.2) is 29.2 Å². The van der Waals surface area contributed by atoms with Crippen LogP contribution in [0.4, 0.5) is 5.13 Å². The van der Waals surface area contributed by atoms with E-state index < -0.39 is 0 Å². The summed E-state index contributed by atoms with van der Waals surface area (Å²) in [6.45, 7) is 0.342. The molecule has 1 amide bonds. The van der Waals surface area contributed by atoms with E-state index in [0.717, 1.165) is 15.2 Å². The summed E-state index contributed by atoms with van der Waals surface area (Å²) in [4.78, 5) is 25.1. The van der Waals surface area contributed by atoms with E-state index in [9.17, 15) is 4.79 Å². The van der Waals surface area contributed by atoms with E-state index in [-0.39, 0.29) is 5.91 Å². The molecule has 4 rings (SSSR count). The van der Waals surface area contributed by atoms with Crippen LogP contribution in [0.1, 0.15) is 15.9 Å². The maximum absolute atomic E-state index is 13.6. The van der Waals surface area contributed by atoms with Gasteiger partial charge in [-0.25, -0.2) is 4.98 Å². The molecule has 0 aliphatic carbocycles. The Morgan fingerprint density at radius 1 is 1.20 bits per heavy atom. The molecule has 0 radical (unpaired) electrons. The van der Waals surface area contributed by atoms with Crippen molar-refractivity contribution in [1.82, 2.24) is 9.97 Å². The number of thioether (sulfide) groups is 1. The third kappa shape index (κ3) is 4.01. The molecule has 0 N–H and O–H groups in total. The summed E-state index contributed by atoms with van der Waals surface area (Å²) in [5.74, 6) is 0.494. The maximum atomic E-state index is 13.6. The molecule has 0 aliphatic rings. The van der Waals surface area contributed by atoms with Gasteiger partial charge in [0.1, 0.15) is 11.3 Å². The average Bonchev–Trinajstić information content (AvgIpc) is 3.24. The van der Waals surface area contributed by atoms with Gasteiger partial charge in [0, 0.05) is 17.3 Å². The zero-order valence-electron chi connectivity index (χ0n) is 16.3. The number of thiazole rings is 1. The van der Waals surface area contributed by atoms with E-state index in [0.29, 0.717) is 33.5 Å². The summed E-state index contributed by atoms with van der Waals surface area (Å²) in [5, 5.41) is 1.13. The number of benzene rings is 2. The molecule has 0 bridgehead atoms. The Morgan fingerprint density at radius 2 is 2.03 bits per heavy atom. The number of hydrogen-bond acceptors (Lipinski definition) is 6. The van der Waals surface area contributed by atoms with Crippen LogP contribution in [0.5, 0.6) is 5.75 Å². The second-order valence-electron chi connectivity index (χ2n) is 6.38. The fourth-order valence-corrected chi connectivity index (χ4v) is 4.93. The predicted molar refractivity (Wildman–Crippen MR) is 124 cm³/mol. The Morgan fingerprint density at radius 3 is 2.77 bits per heavy atom. The number of fused-ring (bicyclic) bond motifs is 1. The van der Waals surface area contributed by atoms with Crippen molar-refractivity contribution in [2.45, 2.75) is 11.4 Å². The van der Waals surface area contributed by atoms with Crippen LogP contribution < -0.4 is 9.64 Å². The molecule has 0 spiro atoms. The van der Waals surface area contributed by atoms with Gasteiger partial charge in [0.05, 0.1) is 28.9 Å². The van der Waals surface area contributed by atoms with Gasteiger partial charge in [-0.2, -0.15) is 0 Å². The number of ether oxygens (including phenoxy) is 1. The molecule has 2 aromatic heterocycles. The Labute approximate surface area is 187 Å². The second kappa shape index (κ2) is 9.04. The van der Waals surface area contributed by atoms with Gasteiger partial charge in [0.2, 0.25) is 0 Å². The van der Waals surface area contributed by atoms with Crippen molar-refractivity contribution in [3.63, 3.8) is 0 Å². The lowest BCUT2D eigenvalue weighted by Crippen LogP contribution is -2.30. The number of methoxy groups -OCH3 is 1. The minimum atomic E-state index is -0.127. The topological polar surface area (TPSA) is 55.3 Å². The maximum Gasteiger partial charge on any atom is 0.261 e. The molecule has 30 heavy (non-hydrogen) atoms. The summed E-state index contributed by atoms with van der Waals surface area (Å²) in [6, 6.07) is 14.9. The van der Waals surface area contributed by atoms with E-state index in [1.165, 1.54) is 23.1 Å². The predicted octanol–water partition coefficient (Wildman–Crippen LogP) is 5.92. The molecule has 0 saturated carbocycles. The zero-order valence-corrected chi connectivity index (χ0v) is 18.7. The summed E-state index contributed by atoms with van der Waals surface area (Å²) >= 11 is 9.32. The van der Waals surface area contributed by atoms with Gasteiger partial charge >= 0.3 is 0 Å². The first kappa shape index (κ1) is 20.7. The number of aromatic nitrogens is 2. The van der Waals surface area contributed by atoms with Crippen molar-refractivity contribution in [2.75, 3.05) is 18.3 Å². The fourth-order valence-electron chi connectivity index (χ4n) is 3.09. The normalized spacial score (nSPS) is 10.9. The van der Waals surface area contributed by atoms with Crippen molar-refractivity contribution in [3.8, 4) is 5.75 Å². The van der Waals surface area contributed by atoms with Crippen LogP contribution in [0.15, 0.2) is 65.8 Å². The highest BCUT2D eigenvalue weighted by Gasteiger charge is 2.25. The first-order valence-electron chi connectivity index (χ1n) is 9.09. The largest absolute Gasteiger partial charge is 0.494 e. The molecule has 8 heteroatoms. The zero-order chi connectivity index (χ0) is 21.1. The number of pyridine rings is 1. The van der Waals surface area contributed by atoms with Gasteiger partial charge in [0.15, 0.2) is 5.13 Å². The number of carbonyl (C=O) groups is 1. The molecule has 0 aliphatic heterocycles. The molecule has 0 saturated heterocycles. The van der Waals surface area contributed by atoms with Gasteiger partial charge < -0.3 is 4.74 Å². The van der Waals surface area contributed by atoms with E-state index in [4.69, 9.17) is 21.3 Å². The lowest BCUT2D eigenvalue weighted by atomic mass is 10.2. The molecule has 0 fully saturated rings. The van der Waals surface area contributed by atoms with Gasteiger partial charge in [-0.05, 0) is 42.2 Å². The van der Waals surface area contributed by atoms with Gasteiger partial charge in [0.25, 0.3) is 5.91 Å². The van der Waals surface area contributed by atoms with Crippen molar-refractivity contribution in [3.05, 3.63) is 77.1 Å². The van der Waals surface area contributed by atoms with Crippen LogP contribution in [0.3, 0.4) is 0 Å². The van der Waals surface area contributed by atoms with Gasteiger partial charge in [-0.3, -0.25) is 14.7 Å². The SMILES string of the molecule is COc1ccc(Cl)c2sc(N(Cc3cccnc3)C(=O)c3ccccc3SC)nc12. The number of anilines is 1. The molecular weight excluding hydrogens is 438 g/mol. The fraction of sp³-hybridized carbons (Fsp3) is 0.136. The molecule has 4 aromatic rings. The van der Waals surface area contributed by atoms with Crippen LogP contribution in [0, 0.1) is 0 Å². The van der Waals surface area contributed by atoms with Gasteiger partial charge in [-0.15, -0.1) is 11.8 Å². The Hall–Kier alpha value is -2.61. The van der Waals surface area contributed by atoms with Crippen LogP contribution in [-0.2, 0) is 6.54 Å². The highest BCUT2D eigenvalue weighted by atomic mass is 35.5. The minimum absolute atomic E-state index is 0.127. The first-order chi connectivity index (χ1) is 14.6. The van der Waals surface area contributed by atoms with Crippen molar-refractivity contribution in [2.24, 2.45) is 0 Å². The number of rotatable bonds is 6. The van der Waals surface area contributed by atoms with Crippen LogP contribution in [0.25, 0.3) is 10.2 Å². The number of halogens is 1.